The quantitative estimate of drug-likeness (QED) is 0.351. The lowest BCUT2D eigenvalue weighted by atomic mass is 10.0. The largest absolute Gasteiger partial charge is 0.481 e. The van der Waals surface area contributed by atoms with Gasteiger partial charge in [0.1, 0.15) is 5.60 Å². The number of nitrogens with one attached hydrogen (secondary N) is 2. The van der Waals surface area contributed by atoms with Crippen molar-refractivity contribution in [3.8, 4) is 0 Å². The summed E-state index contributed by atoms with van der Waals surface area (Å²) in [5.41, 5.74) is 4.00. The van der Waals surface area contributed by atoms with Gasteiger partial charge in [-0.25, -0.2) is 4.79 Å². The molecule has 2 aromatic rings. The van der Waals surface area contributed by atoms with Crippen molar-refractivity contribution in [1.82, 2.24) is 15.5 Å². The number of hydrogen-bond donors (Lipinski definition) is 3. The van der Waals surface area contributed by atoms with Crippen molar-refractivity contribution in [2.75, 3.05) is 19.6 Å². The molecule has 0 bridgehead atoms. The van der Waals surface area contributed by atoms with Gasteiger partial charge in [0.15, 0.2) is 0 Å². The number of carboxylic acids is 1. The van der Waals surface area contributed by atoms with Crippen LogP contribution in [0, 0.1) is 11.8 Å². The van der Waals surface area contributed by atoms with Gasteiger partial charge in [0, 0.05) is 25.7 Å². The van der Waals surface area contributed by atoms with Gasteiger partial charge in [-0.2, -0.15) is 0 Å². The van der Waals surface area contributed by atoms with Crippen LogP contribution in [0.15, 0.2) is 48.5 Å². The fourth-order valence-corrected chi connectivity index (χ4v) is 5.98. The third kappa shape index (κ3) is 9.06. The summed E-state index contributed by atoms with van der Waals surface area (Å²) in [5.74, 6) is -1.53. The third-order valence-corrected chi connectivity index (χ3v) is 7.88. The molecule has 3 amide bonds. The number of benzene rings is 2. The molecule has 4 rings (SSSR count). The van der Waals surface area contributed by atoms with Crippen LogP contribution in [0.3, 0.4) is 0 Å². The highest BCUT2D eigenvalue weighted by Crippen LogP contribution is 2.29. The molecular formula is C33H43N3O6. The lowest BCUT2D eigenvalue weighted by Gasteiger charge is -2.25. The van der Waals surface area contributed by atoms with Crippen LogP contribution in [-0.4, -0.2) is 65.2 Å². The number of alkyl carbamates (subject to hydrolysis) is 1. The number of nitrogens with zero attached hydrogens (tertiary/aromatic N) is 1. The molecular weight excluding hydrogens is 534 g/mol. The van der Waals surface area contributed by atoms with Gasteiger partial charge >= 0.3 is 12.1 Å². The molecule has 0 aromatic heterocycles. The highest BCUT2D eigenvalue weighted by Gasteiger charge is 2.40. The Morgan fingerprint density at radius 3 is 2.43 bits per heavy atom. The molecule has 42 heavy (non-hydrogen) atoms. The van der Waals surface area contributed by atoms with E-state index in [-0.39, 0.29) is 36.6 Å². The highest BCUT2D eigenvalue weighted by molar-refractivity contribution is 5.85. The third-order valence-electron chi connectivity index (χ3n) is 7.88. The number of carbonyl (C=O) groups excluding carboxylic acids is 3. The Bertz CT molecular complexity index is 1270. The van der Waals surface area contributed by atoms with E-state index in [4.69, 9.17) is 4.74 Å². The first-order valence-electron chi connectivity index (χ1n) is 14.9. The summed E-state index contributed by atoms with van der Waals surface area (Å²) in [6.07, 6.45) is 3.33. The molecule has 0 spiro atoms. The molecule has 3 atom stereocenters. The molecule has 0 radical (unpaired) electrons. The monoisotopic (exact) mass is 577 g/mol. The minimum atomic E-state index is -0.984. The molecule has 1 unspecified atom stereocenters. The maximum Gasteiger partial charge on any atom is 0.407 e. The fraction of sp³-hybridized carbons (Fsp3) is 0.515. The van der Waals surface area contributed by atoms with Crippen LogP contribution in [0.2, 0.25) is 0 Å². The van der Waals surface area contributed by atoms with Crippen molar-refractivity contribution in [3.63, 3.8) is 0 Å². The van der Waals surface area contributed by atoms with Gasteiger partial charge in [0.05, 0.1) is 18.8 Å². The van der Waals surface area contributed by atoms with Crippen LogP contribution in [0.1, 0.15) is 62.3 Å². The molecule has 3 N–H and O–H groups in total. The molecule has 1 fully saturated rings. The average Bonchev–Trinajstić information content (AvgIpc) is 3.45. The summed E-state index contributed by atoms with van der Waals surface area (Å²) in [6, 6.07) is 15.9. The van der Waals surface area contributed by atoms with Crippen LogP contribution in [0.5, 0.6) is 0 Å². The van der Waals surface area contributed by atoms with Crippen molar-refractivity contribution in [3.05, 3.63) is 70.8 Å². The van der Waals surface area contributed by atoms with Crippen molar-refractivity contribution >= 4 is 23.9 Å². The second kappa shape index (κ2) is 13.9. The minimum Gasteiger partial charge on any atom is -0.481 e. The summed E-state index contributed by atoms with van der Waals surface area (Å²) in [4.78, 5) is 51.0. The molecule has 1 aliphatic heterocycles. The van der Waals surface area contributed by atoms with E-state index in [1.807, 2.05) is 45.0 Å². The number of aryl methyl sites for hydroxylation is 1. The number of rotatable bonds is 12. The van der Waals surface area contributed by atoms with E-state index in [1.165, 1.54) is 16.7 Å². The second-order valence-corrected chi connectivity index (χ2v) is 12.5. The van der Waals surface area contributed by atoms with E-state index in [9.17, 15) is 24.3 Å². The van der Waals surface area contributed by atoms with Gasteiger partial charge in [-0.3, -0.25) is 14.4 Å². The average molecular weight is 578 g/mol. The first kappa shape index (κ1) is 31.1. The molecule has 9 heteroatoms. The number of ether oxygens (including phenoxy) is 1. The zero-order chi connectivity index (χ0) is 30.3. The standard InChI is InChI=1S/C33H43N3O6/c1-33(2,3)42-32(41)35-20-24-15-25-12-11-23(14-26(25)16-24)17-29(37)34-21-28-18-27(19-30(38)39)31(40)36(28)13-7-10-22-8-5-4-6-9-22/h4-6,8-9,11-12,14,24,27-28H,7,10,13,15-21H2,1-3H3,(H,34,37)(H,35,41)(H,38,39)/t24?,27-,28-/m0/s1. The molecule has 226 valence electrons. The van der Waals surface area contributed by atoms with Crippen LogP contribution in [-0.2, 0) is 44.8 Å². The Morgan fingerprint density at radius 1 is 0.976 bits per heavy atom. The van der Waals surface area contributed by atoms with E-state index >= 15 is 0 Å². The second-order valence-electron chi connectivity index (χ2n) is 12.5. The molecule has 1 saturated heterocycles. The number of carbonyl (C=O) groups is 4. The summed E-state index contributed by atoms with van der Waals surface area (Å²) >= 11 is 0. The van der Waals surface area contributed by atoms with Crippen molar-refractivity contribution in [1.29, 1.82) is 0 Å². The Labute approximate surface area is 248 Å². The maximum atomic E-state index is 13.0. The van der Waals surface area contributed by atoms with E-state index in [2.05, 4.69) is 34.9 Å². The smallest absolute Gasteiger partial charge is 0.407 e. The lowest BCUT2D eigenvalue weighted by Crippen LogP contribution is -2.42. The summed E-state index contributed by atoms with van der Waals surface area (Å²) in [6.45, 7) is 6.87. The maximum absolute atomic E-state index is 13.0. The topological polar surface area (TPSA) is 125 Å². The van der Waals surface area contributed by atoms with Gasteiger partial charge in [-0.15, -0.1) is 0 Å². The highest BCUT2D eigenvalue weighted by atomic mass is 16.6. The van der Waals surface area contributed by atoms with Crippen molar-refractivity contribution in [2.24, 2.45) is 11.8 Å². The van der Waals surface area contributed by atoms with Crippen molar-refractivity contribution in [2.45, 2.75) is 77.4 Å². The number of fused-ring (bicyclic) bond motifs is 1. The Morgan fingerprint density at radius 2 is 1.71 bits per heavy atom. The van der Waals surface area contributed by atoms with Crippen LogP contribution in [0.4, 0.5) is 4.79 Å². The van der Waals surface area contributed by atoms with Gasteiger partial charge < -0.3 is 25.4 Å². The number of carboxylic acid groups (broad SMARTS) is 1. The number of aliphatic carboxylic acids is 1. The number of amides is 3. The van der Waals surface area contributed by atoms with E-state index < -0.39 is 23.6 Å². The lowest BCUT2D eigenvalue weighted by molar-refractivity contribution is -0.142. The predicted molar refractivity (Wildman–Crippen MR) is 159 cm³/mol. The Kier molecular flexibility index (Phi) is 10.2. The van der Waals surface area contributed by atoms with Gasteiger partial charge in [0.2, 0.25) is 11.8 Å². The van der Waals surface area contributed by atoms with Crippen LogP contribution in [0.25, 0.3) is 0 Å². The van der Waals surface area contributed by atoms with E-state index in [1.54, 1.807) is 4.90 Å². The van der Waals surface area contributed by atoms with E-state index in [0.717, 1.165) is 31.2 Å². The normalized spacial score (nSPS) is 19.8. The van der Waals surface area contributed by atoms with E-state index in [0.29, 0.717) is 26.1 Å². The number of likely N-dealkylation sites (tertiary alicyclic amines) is 1. The van der Waals surface area contributed by atoms with Gasteiger partial charge in [0.25, 0.3) is 0 Å². The summed E-state index contributed by atoms with van der Waals surface area (Å²) in [5, 5.41) is 15.1. The molecule has 2 aliphatic rings. The molecule has 2 aromatic carbocycles. The summed E-state index contributed by atoms with van der Waals surface area (Å²) < 4.78 is 5.33. The van der Waals surface area contributed by atoms with Crippen LogP contribution < -0.4 is 10.6 Å². The van der Waals surface area contributed by atoms with Gasteiger partial charge in [-0.05, 0) is 81.0 Å². The fourth-order valence-electron chi connectivity index (χ4n) is 5.98. The predicted octanol–water partition coefficient (Wildman–Crippen LogP) is 3.91. The number of hydrogen-bond acceptors (Lipinski definition) is 5. The molecule has 9 nitrogen and oxygen atoms in total. The van der Waals surface area contributed by atoms with Gasteiger partial charge in [-0.1, -0.05) is 48.5 Å². The first-order chi connectivity index (χ1) is 20.0. The zero-order valence-corrected chi connectivity index (χ0v) is 24.9. The molecule has 0 saturated carbocycles. The Balaban J connectivity index is 1.27. The van der Waals surface area contributed by atoms with Crippen LogP contribution >= 0.6 is 0 Å². The molecule has 1 heterocycles. The van der Waals surface area contributed by atoms with Crippen molar-refractivity contribution < 1.29 is 29.0 Å². The minimum absolute atomic E-state index is 0.130. The zero-order valence-electron chi connectivity index (χ0n) is 24.9. The Hall–Kier alpha value is -3.88. The first-order valence-corrected chi connectivity index (χ1v) is 14.9. The molecule has 1 aliphatic carbocycles. The summed E-state index contributed by atoms with van der Waals surface area (Å²) in [7, 11) is 0. The SMILES string of the molecule is CC(C)(C)OC(=O)NCC1Cc2ccc(CC(=O)NC[C@@H]3C[C@@H](CC(=O)O)C(=O)N3CCCc3ccccc3)cc2C1.